The minimum absolute atomic E-state index is 0.000370. The van der Waals surface area contributed by atoms with Crippen molar-refractivity contribution < 1.29 is 9.59 Å². The molecule has 0 saturated heterocycles. The van der Waals surface area contributed by atoms with Crippen LogP contribution in [-0.2, 0) is 11.3 Å². The highest BCUT2D eigenvalue weighted by Crippen LogP contribution is 2.23. The molecule has 2 aromatic carbocycles. The van der Waals surface area contributed by atoms with Gasteiger partial charge in [0.2, 0.25) is 5.91 Å². The summed E-state index contributed by atoms with van der Waals surface area (Å²) in [5.41, 5.74) is 3.05. The fourth-order valence-electron chi connectivity index (χ4n) is 2.57. The second-order valence-corrected chi connectivity index (χ2v) is 7.44. The van der Waals surface area contributed by atoms with E-state index in [1.54, 1.807) is 5.38 Å². The van der Waals surface area contributed by atoms with Crippen LogP contribution in [0.4, 0.5) is 5.69 Å². The molecule has 0 aliphatic carbocycles. The maximum Gasteiger partial charge on any atom is 0.271 e. The van der Waals surface area contributed by atoms with Gasteiger partial charge in [-0.05, 0) is 24.1 Å². The first-order valence-corrected chi connectivity index (χ1v) is 10.1. The quantitative estimate of drug-likeness (QED) is 0.610. The first-order valence-electron chi connectivity index (χ1n) is 9.25. The number of carbonyl (C=O) groups is 2. The van der Waals surface area contributed by atoms with Crippen molar-refractivity contribution in [1.82, 2.24) is 10.3 Å². The van der Waals surface area contributed by atoms with Crippen LogP contribution in [0.2, 0.25) is 0 Å². The summed E-state index contributed by atoms with van der Waals surface area (Å²) in [4.78, 5) is 28.9. The van der Waals surface area contributed by atoms with Crippen LogP contribution in [0.1, 0.15) is 36.3 Å². The SMILES string of the molecule is CCC(C)C(=O)Nc1cccc(CNC(=O)c2csc(-c3ccccc3)n2)c1. The highest BCUT2D eigenvalue weighted by Gasteiger charge is 2.13. The van der Waals surface area contributed by atoms with Gasteiger partial charge in [0.25, 0.3) is 5.91 Å². The number of aromatic nitrogens is 1. The third-order valence-electron chi connectivity index (χ3n) is 4.47. The minimum atomic E-state index is -0.215. The number of thiazole rings is 1. The van der Waals surface area contributed by atoms with E-state index in [1.165, 1.54) is 11.3 Å². The molecule has 3 aromatic rings. The summed E-state index contributed by atoms with van der Waals surface area (Å²) in [5, 5.41) is 8.38. The van der Waals surface area contributed by atoms with Gasteiger partial charge < -0.3 is 10.6 Å². The Kier molecular flexibility index (Phi) is 6.55. The molecule has 3 rings (SSSR count). The molecule has 0 aliphatic rings. The van der Waals surface area contributed by atoms with Gasteiger partial charge in [-0.25, -0.2) is 4.98 Å². The summed E-state index contributed by atoms with van der Waals surface area (Å²) >= 11 is 1.45. The average Bonchev–Trinajstić information content (AvgIpc) is 3.22. The molecule has 0 bridgehead atoms. The van der Waals surface area contributed by atoms with Gasteiger partial charge in [0, 0.05) is 29.1 Å². The number of nitrogens with one attached hydrogen (secondary N) is 2. The van der Waals surface area contributed by atoms with Crippen molar-refractivity contribution in [3.63, 3.8) is 0 Å². The van der Waals surface area contributed by atoms with Gasteiger partial charge in [0.15, 0.2) is 0 Å². The van der Waals surface area contributed by atoms with Crippen molar-refractivity contribution in [1.29, 1.82) is 0 Å². The van der Waals surface area contributed by atoms with Crippen molar-refractivity contribution in [3.8, 4) is 10.6 Å². The highest BCUT2D eigenvalue weighted by molar-refractivity contribution is 7.13. The number of hydrogen-bond donors (Lipinski definition) is 2. The summed E-state index contributed by atoms with van der Waals surface area (Å²) in [6.07, 6.45) is 0.792. The molecule has 6 heteroatoms. The van der Waals surface area contributed by atoms with Crippen LogP contribution in [0, 0.1) is 5.92 Å². The van der Waals surface area contributed by atoms with E-state index in [0.29, 0.717) is 12.2 Å². The predicted octanol–water partition coefficient (Wildman–Crippen LogP) is 4.72. The molecule has 0 radical (unpaired) electrons. The summed E-state index contributed by atoms with van der Waals surface area (Å²) < 4.78 is 0. The van der Waals surface area contributed by atoms with Crippen molar-refractivity contribution in [3.05, 3.63) is 71.2 Å². The lowest BCUT2D eigenvalue weighted by Crippen LogP contribution is -2.23. The van der Waals surface area contributed by atoms with E-state index in [2.05, 4.69) is 15.6 Å². The predicted molar refractivity (Wildman–Crippen MR) is 113 cm³/mol. The maximum absolute atomic E-state index is 12.4. The van der Waals surface area contributed by atoms with Crippen molar-refractivity contribution in [2.75, 3.05) is 5.32 Å². The van der Waals surface area contributed by atoms with Gasteiger partial charge in [-0.15, -0.1) is 11.3 Å². The van der Waals surface area contributed by atoms with Crippen molar-refractivity contribution in [2.45, 2.75) is 26.8 Å². The zero-order valence-corrected chi connectivity index (χ0v) is 16.8. The molecule has 28 heavy (non-hydrogen) atoms. The first kappa shape index (κ1) is 19.8. The van der Waals surface area contributed by atoms with Gasteiger partial charge >= 0.3 is 0 Å². The monoisotopic (exact) mass is 393 g/mol. The Morgan fingerprint density at radius 3 is 2.64 bits per heavy atom. The van der Waals surface area contributed by atoms with Gasteiger partial charge in [0.05, 0.1) is 0 Å². The molecule has 1 aromatic heterocycles. The summed E-state index contributed by atoms with van der Waals surface area (Å²) in [6.45, 7) is 4.25. The molecule has 5 nitrogen and oxygen atoms in total. The van der Waals surface area contributed by atoms with Crippen LogP contribution in [0.15, 0.2) is 60.0 Å². The summed E-state index contributed by atoms with van der Waals surface area (Å²) in [7, 11) is 0. The molecule has 0 spiro atoms. The fraction of sp³-hybridized carbons (Fsp3) is 0.227. The molecule has 0 fully saturated rings. The van der Waals surface area contributed by atoms with Crippen LogP contribution >= 0.6 is 11.3 Å². The Morgan fingerprint density at radius 2 is 1.89 bits per heavy atom. The summed E-state index contributed by atoms with van der Waals surface area (Å²) in [5.74, 6) is -0.251. The van der Waals surface area contributed by atoms with E-state index in [-0.39, 0.29) is 17.7 Å². The molecular formula is C22H23N3O2S. The third-order valence-corrected chi connectivity index (χ3v) is 5.36. The minimum Gasteiger partial charge on any atom is -0.347 e. The smallest absolute Gasteiger partial charge is 0.271 e. The van der Waals surface area contributed by atoms with Crippen LogP contribution in [0.25, 0.3) is 10.6 Å². The van der Waals surface area contributed by atoms with E-state index in [9.17, 15) is 9.59 Å². The number of carbonyl (C=O) groups excluding carboxylic acids is 2. The second-order valence-electron chi connectivity index (χ2n) is 6.59. The van der Waals surface area contributed by atoms with Crippen LogP contribution in [0.3, 0.4) is 0 Å². The van der Waals surface area contributed by atoms with E-state index < -0.39 is 0 Å². The Bertz CT molecular complexity index is 953. The number of benzene rings is 2. The number of nitrogens with zero attached hydrogens (tertiary/aromatic N) is 1. The van der Waals surface area contributed by atoms with Gasteiger partial charge in [-0.3, -0.25) is 9.59 Å². The number of amides is 2. The van der Waals surface area contributed by atoms with Gasteiger partial charge in [-0.2, -0.15) is 0 Å². The van der Waals surface area contributed by atoms with Crippen LogP contribution in [-0.4, -0.2) is 16.8 Å². The Hall–Kier alpha value is -2.99. The van der Waals surface area contributed by atoms with Crippen LogP contribution in [0.5, 0.6) is 0 Å². The lowest BCUT2D eigenvalue weighted by molar-refractivity contribution is -0.119. The van der Waals surface area contributed by atoms with E-state index in [4.69, 9.17) is 0 Å². The lowest BCUT2D eigenvalue weighted by Gasteiger charge is -2.11. The number of rotatable bonds is 7. The molecule has 1 atom stereocenters. The molecule has 2 amide bonds. The number of hydrogen-bond acceptors (Lipinski definition) is 4. The zero-order valence-electron chi connectivity index (χ0n) is 15.9. The van der Waals surface area contributed by atoms with Crippen molar-refractivity contribution >= 4 is 28.8 Å². The zero-order chi connectivity index (χ0) is 19.9. The Morgan fingerprint density at radius 1 is 1.11 bits per heavy atom. The normalized spacial score (nSPS) is 11.6. The van der Waals surface area contributed by atoms with Crippen molar-refractivity contribution in [2.24, 2.45) is 5.92 Å². The Labute approximate surface area is 168 Å². The molecular weight excluding hydrogens is 370 g/mol. The molecule has 0 saturated carbocycles. The molecule has 144 valence electrons. The first-order chi connectivity index (χ1) is 13.6. The third kappa shape index (κ3) is 5.04. The standard InChI is InChI=1S/C22H23N3O2S/c1-3-15(2)20(26)24-18-11-7-8-16(12-18)13-23-21(27)19-14-28-22(25-19)17-9-5-4-6-10-17/h4-12,14-15H,3,13H2,1-2H3,(H,23,27)(H,24,26). The van der Waals surface area contributed by atoms with Gasteiger partial charge in [0.1, 0.15) is 10.7 Å². The largest absolute Gasteiger partial charge is 0.347 e. The molecule has 1 unspecified atom stereocenters. The topological polar surface area (TPSA) is 71.1 Å². The lowest BCUT2D eigenvalue weighted by atomic mass is 10.1. The Balaban J connectivity index is 1.60. The van der Waals surface area contributed by atoms with Crippen LogP contribution < -0.4 is 10.6 Å². The highest BCUT2D eigenvalue weighted by atomic mass is 32.1. The van der Waals surface area contributed by atoms with E-state index in [1.807, 2.05) is 68.4 Å². The maximum atomic E-state index is 12.4. The number of anilines is 1. The second kappa shape index (κ2) is 9.28. The van der Waals surface area contributed by atoms with E-state index in [0.717, 1.165) is 28.2 Å². The molecule has 2 N–H and O–H groups in total. The summed E-state index contributed by atoms with van der Waals surface area (Å²) in [6, 6.07) is 17.3. The molecule has 1 heterocycles. The fourth-order valence-corrected chi connectivity index (χ4v) is 3.38. The average molecular weight is 394 g/mol. The van der Waals surface area contributed by atoms with E-state index >= 15 is 0 Å². The van der Waals surface area contributed by atoms with Gasteiger partial charge in [-0.1, -0.05) is 56.3 Å². The molecule has 0 aliphatic heterocycles.